The van der Waals surface area contributed by atoms with Crippen LogP contribution in [0, 0.1) is 0 Å². The number of benzene rings is 1. The molecule has 0 spiro atoms. The van der Waals surface area contributed by atoms with E-state index in [1.165, 1.54) is 6.08 Å². The van der Waals surface area contributed by atoms with Crippen LogP contribution in [0.2, 0.25) is 0 Å². The molecule has 0 bridgehead atoms. The van der Waals surface area contributed by atoms with Crippen LogP contribution in [0.5, 0.6) is 0 Å². The normalized spacial score (nSPS) is 20.0. The van der Waals surface area contributed by atoms with E-state index in [9.17, 15) is 9.50 Å². The first-order chi connectivity index (χ1) is 9.77. The van der Waals surface area contributed by atoms with Gasteiger partial charge in [-0.1, -0.05) is 62.4 Å². The number of rotatable bonds is 0. The maximum atomic E-state index is 14.2. The van der Waals surface area contributed by atoms with E-state index in [0.29, 0.717) is 11.1 Å². The van der Waals surface area contributed by atoms with E-state index < -0.39 is 6.10 Å². The van der Waals surface area contributed by atoms with Crippen molar-refractivity contribution in [2.24, 2.45) is 0 Å². The van der Waals surface area contributed by atoms with Crippen molar-refractivity contribution in [2.45, 2.75) is 26.4 Å². The van der Waals surface area contributed by atoms with Crippen LogP contribution < -0.4 is 0 Å². The molecule has 2 heteroatoms. The smallest absolute Gasteiger partial charge is 0.131 e. The second kappa shape index (κ2) is 6.49. The Morgan fingerprint density at radius 1 is 1.10 bits per heavy atom. The van der Waals surface area contributed by atoms with Crippen LogP contribution >= 0.6 is 0 Å². The first-order valence-corrected chi connectivity index (χ1v) is 6.99. The average molecular weight is 270 g/mol. The maximum absolute atomic E-state index is 14.2. The third-order valence-corrected chi connectivity index (χ3v) is 3.29. The number of fused-ring (bicyclic) bond motifs is 1. The molecule has 1 unspecified atom stereocenters. The van der Waals surface area contributed by atoms with Crippen molar-refractivity contribution in [2.75, 3.05) is 0 Å². The molecule has 0 amide bonds. The highest BCUT2D eigenvalue weighted by Crippen LogP contribution is 2.37. The Balaban J connectivity index is 0.000000704. The Bertz CT molecular complexity index is 606. The number of allylic oxidation sites excluding steroid dienone is 5. The minimum absolute atomic E-state index is 0.297. The highest BCUT2D eigenvalue weighted by molar-refractivity contribution is 5.70. The van der Waals surface area contributed by atoms with Crippen LogP contribution in [0.25, 0.3) is 5.83 Å². The standard InChI is InChI=1S/C16H13FO.C2H6/c17-15-10-11-6-2-1-3-7-12(11)16(18)14-9-5-4-8-13(14)15;1-2/h2-10,16,18H,1H2;1-2H3. The highest BCUT2D eigenvalue weighted by atomic mass is 19.1. The minimum atomic E-state index is -0.778. The molecule has 20 heavy (non-hydrogen) atoms. The molecule has 0 fully saturated rings. The minimum Gasteiger partial charge on any atom is -0.384 e. The fourth-order valence-electron chi connectivity index (χ4n) is 2.38. The molecule has 104 valence electrons. The summed E-state index contributed by atoms with van der Waals surface area (Å²) < 4.78 is 14.2. The summed E-state index contributed by atoms with van der Waals surface area (Å²) in [4.78, 5) is 0. The monoisotopic (exact) mass is 270 g/mol. The van der Waals surface area contributed by atoms with Crippen molar-refractivity contribution in [1.82, 2.24) is 0 Å². The van der Waals surface area contributed by atoms with Crippen LogP contribution in [-0.4, -0.2) is 5.11 Å². The van der Waals surface area contributed by atoms with E-state index in [4.69, 9.17) is 0 Å². The Kier molecular flexibility index (Phi) is 4.70. The summed E-state index contributed by atoms with van der Waals surface area (Å²) in [7, 11) is 0. The summed E-state index contributed by atoms with van der Waals surface area (Å²) in [5, 5.41) is 10.4. The van der Waals surface area contributed by atoms with Gasteiger partial charge in [0.05, 0.1) is 0 Å². The van der Waals surface area contributed by atoms with Gasteiger partial charge < -0.3 is 5.11 Å². The van der Waals surface area contributed by atoms with Gasteiger partial charge in [-0.3, -0.25) is 0 Å². The first-order valence-electron chi connectivity index (χ1n) is 6.99. The molecule has 1 nitrogen and oxygen atoms in total. The highest BCUT2D eigenvalue weighted by Gasteiger charge is 2.23. The molecule has 2 aliphatic carbocycles. The van der Waals surface area contributed by atoms with E-state index in [1.54, 1.807) is 18.2 Å². The third-order valence-electron chi connectivity index (χ3n) is 3.29. The van der Waals surface area contributed by atoms with Gasteiger partial charge in [-0.15, -0.1) is 0 Å². The van der Waals surface area contributed by atoms with Gasteiger partial charge in [0.1, 0.15) is 11.9 Å². The fraction of sp³-hybridized carbons (Fsp3) is 0.222. The molecule has 0 saturated heterocycles. The predicted molar refractivity (Wildman–Crippen MR) is 81.8 cm³/mol. The Morgan fingerprint density at radius 3 is 2.60 bits per heavy atom. The number of hydrogen-bond donors (Lipinski definition) is 1. The summed E-state index contributed by atoms with van der Waals surface area (Å²) in [6, 6.07) is 7.06. The van der Waals surface area contributed by atoms with Crippen LogP contribution in [0.4, 0.5) is 4.39 Å². The molecule has 1 N–H and O–H groups in total. The van der Waals surface area contributed by atoms with E-state index in [2.05, 4.69) is 0 Å². The first kappa shape index (κ1) is 14.5. The van der Waals surface area contributed by atoms with Gasteiger partial charge in [0.15, 0.2) is 0 Å². The predicted octanol–water partition coefficient (Wildman–Crippen LogP) is 4.88. The van der Waals surface area contributed by atoms with E-state index in [-0.39, 0.29) is 5.83 Å². The van der Waals surface area contributed by atoms with Gasteiger partial charge >= 0.3 is 0 Å². The molecule has 0 radical (unpaired) electrons. The largest absolute Gasteiger partial charge is 0.384 e. The van der Waals surface area contributed by atoms with Crippen molar-refractivity contribution in [3.8, 4) is 0 Å². The van der Waals surface area contributed by atoms with Crippen LogP contribution in [0.15, 0.2) is 65.8 Å². The number of aliphatic hydroxyl groups excluding tert-OH is 1. The third kappa shape index (κ3) is 2.66. The van der Waals surface area contributed by atoms with Crippen LogP contribution in [0.1, 0.15) is 37.5 Å². The lowest BCUT2D eigenvalue weighted by atomic mass is 9.96. The van der Waals surface area contributed by atoms with E-state index in [0.717, 1.165) is 17.6 Å². The van der Waals surface area contributed by atoms with Gasteiger partial charge in [0.25, 0.3) is 0 Å². The Hall–Kier alpha value is -1.93. The number of halogens is 1. The summed E-state index contributed by atoms with van der Waals surface area (Å²) in [6.45, 7) is 4.00. The topological polar surface area (TPSA) is 20.2 Å². The lowest BCUT2D eigenvalue weighted by molar-refractivity contribution is 0.219. The van der Waals surface area contributed by atoms with E-state index in [1.807, 2.05) is 44.2 Å². The van der Waals surface area contributed by atoms with Crippen molar-refractivity contribution < 1.29 is 9.50 Å². The number of hydrogen-bond acceptors (Lipinski definition) is 1. The molecule has 3 rings (SSSR count). The molecular weight excluding hydrogens is 251 g/mol. The zero-order valence-electron chi connectivity index (χ0n) is 11.8. The van der Waals surface area contributed by atoms with Gasteiger partial charge in [0, 0.05) is 5.56 Å². The molecule has 2 aliphatic rings. The molecular formula is C18H19FO. The molecule has 1 aromatic carbocycles. The SMILES string of the molecule is CC.OC1C2=C(C=CCC=C2)C=C(F)c2ccccc21. The molecule has 0 aromatic heterocycles. The van der Waals surface area contributed by atoms with Gasteiger partial charge in [-0.25, -0.2) is 4.39 Å². The van der Waals surface area contributed by atoms with Gasteiger partial charge in [-0.05, 0) is 29.2 Å². The second-order valence-corrected chi connectivity index (χ2v) is 4.43. The van der Waals surface area contributed by atoms with Crippen molar-refractivity contribution in [3.05, 3.63) is 76.9 Å². The van der Waals surface area contributed by atoms with Crippen molar-refractivity contribution >= 4 is 5.83 Å². The summed E-state index contributed by atoms with van der Waals surface area (Å²) >= 11 is 0. The maximum Gasteiger partial charge on any atom is 0.131 e. The molecule has 0 heterocycles. The van der Waals surface area contributed by atoms with Crippen molar-refractivity contribution in [3.63, 3.8) is 0 Å². The lowest BCUT2D eigenvalue weighted by Crippen LogP contribution is -2.02. The van der Waals surface area contributed by atoms with Gasteiger partial charge in [-0.2, -0.15) is 0 Å². The Labute approximate surface area is 119 Å². The zero-order chi connectivity index (χ0) is 14.5. The molecule has 0 saturated carbocycles. The summed E-state index contributed by atoms with van der Waals surface area (Å²) in [6.07, 6.45) is 9.20. The quantitative estimate of drug-likeness (QED) is 0.712. The fourth-order valence-corrected chi connectivity index (χ4v) is 2.38. The van der Waals surface area contributed by atoms with Gasteiger partial charge in [0.2, 0.25) is 0 Å². The average Bonchev–Trinajstić information content (AvgIpc) is 2.78. The summed E-state index contributed by atoms with van der Waals surface area (Å²) in [5.74, 6) is -0.297. The summed E-state index contributed by atoms with van der Waals surface area (Å²) in [5.41, 5.74) is 2.59. The molecule has 1 aromatic rings. The molecule has 1 atom stereocenters. The second-order valence-electron chi connectivity index (χ2n) is 4.43. The Morgan fingerprint density at radius 2 is 1.80 bits per heavy atom. The van der Waals surface area contributed by atoms with Crippen LogP contribution in [-0.2, 0) is 0 Å². The van der Waals surface area contributed by atoms with Crippen molar-refractivity contribution in [1.29, 1.82) is 0 Å². The zero-order valence-corrected chi connectivity index (χ0v) is 11.8. The lowest BCUT2D eigenvalue weighted by Gasteiger charge is -2.14. The molecule has 0 aliphatic heterocycles. The van der Waals surface area contributed by atoms with E-state index >= 15 is 0 Å². The number of aliphatic hydroxyl groups is 1. The van der Waals surface area contributed by atoms with Crippen LogP contribution in [0.3, 0.4) is 0 Å².